The van der Waals surface area contributed by atoms with Crippen molar-refractivity contribution in [1.82, 2.24) is 10.3 Å². The lowest BCUT2D eigenvalue weighted by Crippen LogP contribution is -2.43. The average molecular weight is 265 g/mol. The Bertz CT molecular complexity index is 580. The number of nitrogens with zero attached hydrogens (tertiary/aromatic N) is 2. The minimum absolute atomic E-state index is 0.0155. The number of carboxylic acids is 1. The zero-order valence-electron chi connectivity index (χ0n) is 10.0. The van der Waals surface area contributed by atoms with Crippen molar-refractivity contribution >= 4 is 17.6 Å². The van der Waals surface area contributed by atoms with E-state index in [1.54, 1.807) is 0 Å². The maximum Gasteiger partial charge on any atom is 0.329 e. The van der Waals surface area contributed by atoms with Crippen molar-refractivity contribution in [3.8, 4) is 0 Å². The van der Waals surface area contributed by atoms with Gasteiger partial charge in [0.05, 0.1) is 16.2 Å². The summed E-state index contributed by atoms with van der Waals surface area (Å²) in [6.07, 6.45) is 1.77. The summed E-state index contributed by atoms with van der Waals surface area (Å²) in [5, 5.41) is 22.0. The minimum Gasteiger partial charge on any atom is -0.480 e. The molecule has 0 bridgehead atoms. The Balaban J connectivity index is 2.26. The standard InChI is InChI=1S/C11H11N3O5/c1-6-8(4-7(5-12-6)14(18)19)9(15)13-11(2-3-11)10(16)17/h4-5H,2-3H2,1H3,(H,13,15)(H,16,17). The summed E-state index contributed by atoms with van der Waals surface area (Å²) >= 11 is 0. The fourth-order valence-electron chi connectivity index (χ4n) is 1.65. The number of hydrogen-bond acceptors (Lipinski definition) is 5. The second kappa shape index (κ2) is 4.30. The van der Waals surface area contributed by atoms with Gasteiger partial charge in [-0.25, -0.2) is 4.79 Å². The molecule has 1 aliphatic carbocycles. The molecule has 1 fully saturated rings. The summed E-state index contributed by atoms with van der Waals surface area (Å²) in [5.41, 5.74) is -1.21. The minimum atomic E-state index is -1.23. The lowest BCUT2D eigenvalue weighted by Gasteiger charge is -2.13. The number of aromatic nitrogens is 1. The van der Waals surface area contributed by atoms with Crippen molar-refractivity contribution < 1.29 is 19.6 Å². The number of pyridine rings is 1. The second-order valence-electron chi connectivity index (χ2n) is 4.42. The van der Waals surface area contributed by atoms with Gasteiger partial charge >= 0.3 is 5.97 Å². The van der Waals surface area contributed by atoms with Gasteiger partial charge in [-0.2, -0.15) is 0 Å². The molecule has 1 aliphatic rings. The van der Waals surface area contributed by atoms with E-state index in [2.05, 4.69) is 10.3 Å². The third-order valence-electron chi connectivity index (χ3n) is 3.04. The molecule has 2 rings (SSSR count). The van der Waals surface area contributed by atoms with Crippen molar-refractivity contribution in [3.63, 3.8) is 0 Å². The van der Waals surface area contributed by atoms with Crippen LogP contribution in [0, 0.1) is 17.0 Å². The van der Waals surface area contributed by atoms with E-state index in [0.29, 0.717) is 18.5 Å². The summed E-state index contributed by atoms with van der Waals surface area (Å²) in [6.45, 7) is 1.53. The predicted molar refractivity (Wildman–Crippen MR) is 62.7 cm³/mol. The maximum atomic E-state index is 12.0. The summed E-state index contributed by atoms with van der Waals surface area (Å²) < 4.78 is 0. The number of amides is 1. The molecule has 8 nitrogen and oxygen atoms in total. The van der Waals surface area contributed by atoms with Crippen LogP contribution in [0.3, 0.4) is 0 Å². The highest BCUT2D eigenvalue weighted by Crippen LogP contribution is 2.36. The van der Waals surface area contributed by atoms with Crippen LogP contribution in [-0.4, -0.2) is 32.4 Å². The Morgan fingerprint density at radius 1 is 1.53 bits per heavy atom. The number of carboxylic acid groups (broad SMARTS) is 1. The molecule has 0 spiro atoms. The van der Waals surface area contributed by atoms with Gasteiger partial charge < -0.3 is 10.4 Å². The Kier molecular flexibility index (Phi) is 2.93. The third kappa shape index (κ3) is 2.37. The number of hydrogen-bond donors (Lipinski definition) is 2. The van der Waals surface area contributed by atoms with Gasteiger partial charge in [0, 0.05) is 6.07 Å². The third-order valence-corrected chi connectivity index (χ3v) is 3.04. The zero-order valence-corrected chi connectivity index (χ0v) is 10.0. The van der Waals surface area contributed by atoms with Crippen molar-refractivity contribution in [1.29, 1.82) is 0 Å². The van der Waals surface area contributed by atoms with E-state index >= 15 is 0 Å². The molecule has 19 heavy (non-hydrogen) atoms. The Morgan fingerprint density at radius 2 is 2.16 bits per heavy atom. The van der Waals surface area contributed by atoms with E-state index < -0.39 is 22.3 Å². The first-order valence-corrected chi connectivity index (χ1v) is 5.53. The van der Waals surface area contributed by atoms with Crippen LogP contribution in [0.25, 0.3) is 0 Å². The molecular weight excluding hydrogens is 254 g/mol. The Hall–Kier alpha value is -2.51. The van der Waals surface area contributed by atoms with Crippen molar-refractivity contribution in [3.05, 3.63) is 33.6 Å². The van der Waals surface area contributed by atoms with E-state index in [0.717, 1.165) is 12.3 Å². The van der Waals surface area contributed by atoms with Crippen molar-refractivity contribution in [2.24, 2.45) is 0 Å². The summed E-state index contributed by atoms with van der Waals surface area (Å²) in [4.78, 5) is 36.7. The molecule has 0 unspecified atom stereocenters. The van der Waals surface area contributed by atoms with Crippen LogP contribution in [0.5, 0.6) is 0 Å². The van der Waals surface area contributed by atoms with Gasteiger partial charge in [0.1, 0.15) is 11.7 Å². The summed E-state index contributed by atoms with van der Waals surface area (Å²) in [6, 6.07) is 1.09. The number of carbonyl (C=O) groups excluding carboxylic acids is 1. The van der Waals surface area contributed by atoms with E-state index in [1.165, 1.54) is 6.92 Å². The quantitative estimate of drug-likeness (QED) is 0.608. The highest BCUT2D eigenvalue weighted by molar-refractivity contribution is 6.00. The van der Waals surface area contributed by atoms with E-state index in [9.17, 15) is 19.7 Å². The molecule has 100 valence electrons. The van der Waals surface area contributed by atoms with Gasteiger partial charge in [-0.15, -0.1) is 0 Å². The van der Waals surface area contributed by atoms with Gasteiger partial charge in [-0.1, -0.05) is 0 Å². The number of nitro groups is 1. The van der Waals surface area contributed by atoms with Crippen LogP contribution in [0.15, 0.2) is 12.3 Å². The number of aliphatic carboxylic acids is 1. The van der Waals surface area contributed by atoms with Crippen LogP contribution < -0.4 is 5.32 Å². The van der Waals surface area contributed by atoms with Crippen LogP contribution in [0.1, 0.15) is 28.9 Å². The smallest absolute Gasteiger partial charge is 0.329 e. The lowest BCUT2D eigenvalue weighted by atomic mass is 10.1. The molecule has 1 amide bonds. The first-order valence-electron chi connectivity index (χ1n) is 5.53. The molecule has 0 aliphatic heterocycles. The zero-order chi connectivity index (χ0) is 14.2. The molecule has 0 aromatic carbocycles. The Labute approximate surface area is 107 Å². The highest BCUT2D eigenvalue weighted by Gasteiger charge is 2.51. The van der Waals surface area contributed by atoms with Gasteiger partial charge in [0.15, 0.2) is 0 Å². The van der Waals surface area contributed by atoms with Crippen LogP contribution in [0.2, 0.25) is 0 Å². The average Bonchev–Trinajstić information content (AvgIpc) is 3.10. The largest absolute Gasteiger partial charge is 0.480 e. The lowest BCUT2D eigenvalue weighted by molar-refractivity contribution is -0.385. The number of carbonyl (C=O) groups is 2. The fraction of sp³-hybridized carbons (Fsp3) is 0.364. The molecule has 1 saturated carbocycles. The van der Waals surface area contributed by atoms with E-state index in [1.807, 2.05) is 0 Å². The van der Waals surface area contributed by atoms with Gasteiger partial charge in [-0.3, -0.25) is 19.9 Å². The monoisotopic (exact) mass is 265 g/mol. The number of nitrogens with one attached hydrogen (secondary N) is 1. The van der Waals surface area contributed by atoms with Crippen LogP contribution >= 0.6 is 0 Å². The molecule has 1 aromatic heterocycles. The van der Waals surface area contributed by atoms with Crippen LogP contribution in [0.4, 0.5) is 5.69 Å². The van der Waals surface area contributed by atoms with Crippen molar-refractivity contribution in [2.45, 2.75) is 25.3 Å². The highest BCUT2D eigenvalue weighted by atomic mass is 16.6. The first-order chi connectivity index (χ1) is 8.85. The second-order valence-corrected chi connectivity index (χ2v) is 4.42. The topological polar surface area (TPSA) is 122 Å². The molecule has 0 atom stereocenters. The van der Waals surface area contributed by atoms with E-state index in [4.69, 9.17) is 5.11 Å². The molecular formula is C11H11N3O5. The first kappa shape index (κ1) is 12.9. The SMILES string of the molecule is Cc1ncc([N+](=O)[O-])cc1C(=O)NC1(C(=O)O)CC1. The molecule has 1 heterocycles. The van der Waals surface area contributed by atoms with Gasteiger partial charge in [-0.05, 0) is 19.8 Å². The molecule has 8 heteroatoms. The van der Waals surface area contributed by atoms with E-state index in [-0.39, 0.29) is 11.3 Å². The molecule has 1 aromatic rings. The fourth-order valence-corrected chi connectivity index (χ4v) is 1.65. The number of aryl methyl sites for hydroxylation is 1. The molecule has 2 N–H and O–H groups in total. The maximum absolute atomic E-state index is 12.0. The summed E-state index contributed by atoms with van der Waals surface area (Å²) in [5.74, 6) is -1.76. The summed E-state index contributed by atoms with van der Waals surface area (Å²) in [7, 11) is 0. The molecule has 0 saturated heterocycles. The van der Waals surface area contributed by atoms with Crippen molar-refractivity contribution in [2.75, 3.05) is 0 Å². The normalized spacial score (nSPS) is 15.6. The number of rotatable bonds is 4. The van der Waals surface area contributed by atoms with Crippen LogP contribution in [-0.2, 0) is 4.79 Å². The predicted octanol–water partition coefficient (Wildman–Crippen LogP) is 0.645. The Morgan fingerprint density at radius 3 is 2.63 bits per heavy atom. The van der Waals surface area contributed by atoms with Gasteiger partial charge in [0.2, 0.25) is 0 Å². The molecule has 0 radical (unpaired) electrons. The van der Waals surface area contributed by atoms with Gasteiger partial charge in [0.25, 0.3) is 11.6 Å².